The molecule has 0 unspecified atom stereocenters. The smallest absolute Gasteiger partial charge is 0.272 e. The van der Waals surface area contributed by atoms with Crippen LogP contribution < -0.4 is 5.32 Å². The average Bonchev–Trinajstić information content (AvgIpc) is 3.28. The van der Waals surface area contributed by atoms with Crippen molar-refractivity contribution < 1.29 is 4.79 Å². The third-order valence-corrected chi connectivity index (χ3v) is 4.19. The molecule has 1 amide bonds. The van der Waals surface area contributed by atoms with Gasteiger partial charge in [0.25, 0.3) is 5.91 Å². The van der Waals surface area contributed by atoms with Gasteiger partial charge in [-0.05, 0) is 23.3 Å². The van der Waals surface area contributed by atoms with Gasteiger partial charge in [0, 0.05) is 12.4 Å². The van der Waals surface area contributed by atoms with Gasteiger partial charge < -0.3 is 5.32 Å². The van der Waals surface area contributed by atoms with Crippen LogP contribution in [0.1, 0.15) is 27.7 Å². The van der Waals surface area contributed by atoms with E-state index in [1.807, 2.05) is 60.7 Å². The van der Waals surface area contributed by atoms with Crippen LogP contribution in [0.25, 0.3) is 5.82 Å². The average molecular weight is 355 g/mol. The Hall–Kier alpha value is -3.80. The summed E-state index contributed by atoms with van der Waals surface area (Å²) in [5, 5.41) is 11.2. The molecule has 6 nitrogen and oxygen atoms in total. The van der Waals surface area contributed by atoms with Gasteiger partial charge in [-0.1, -0.05) is 60.7 Å². The molecule has 0 aliphatic heterocycles. The van der Waals surface area contributed by atoms with E-state index in [2.05, 4.69) is 20.5 Å². The van der Waals surface area contributed by atoms with Crippen LogP contribution in [-0.4, -0.2) is 25.7 Å². The highest BCUT2D eigenvalue weighted by atomic mass is 16.2. The summed E-state index contributed by atoms with van der Waals surface area (Å²) < 4.78 is 1.73. The highest BCUT2D eigenvalue weighted by Gasteiger charge is 2.18. The first kappa shape index (κ1) is 16.7. The maximum absolute atomic E-state index is 12.8. The highest BCUT2D eigenvalue weighted by Crippen LogP contribution is 2.22. The Morgan fingerprint density at radius 3 is 2.04 bits per heavy atom. The fourth-order valence-electron chi connectivity index (χ4n) is 2.83. The molecule has 1 N–H and O–H groups in total. The number of hydrogen-bond acceptors (Lipinski definition) is 4. The Labute approximate surface area is 156 Å². The van der Waals surface area contributed by atoms with Gasteiger partial charge in [-0.2, -0.15) is 0 Å². The van der Waals surface area contributed by atoms with Gasteiger partial charge in [0.15, 0.2) is 11.5 Å². The molecule has 2 aromatic carbocycles. The monoisotopic (exact) mass is 355 g/mol. The summed E-state index contributed by atoms with van der Waals surface area (Å²) in [6.07, 6.45) is 5.06. The number of nitrogens with zero attached hydrogens (tertiary/aromatic N) is 4. The second-order valence-electron chi connectivity index (χ2n) is 5.97. The number of rotatable bonds is 5. The van der Waals surface area contributed by atoms with Crippen molar-refractivity contribution in [3.8, 4) is 5.82 Å². The normalized spacial score (nSPS) is 10.7. The molecule has 0 saturated heterocycles. The van der Waals surface area contributed by atoms with Crippen LogP contribution in [0.3, 0.4) is 0 Å². The number of carbonyl (C=O) groups excluding carboxylic acids is 1. The first-order chi connectivity index (χ1) is 13.3. The maximum atomic E-state index is 12.8. The van der Waals surface area contributed by atoms with Crippen LogP contribution in [0.15, 0.2) is 91.5 Å². The van der Waals surface area contributed by atoms with Crippen LogP contribution in [0, 0.1) is 0 Å². The van der Waals surface area contributed by atoms with Crippen LogP contribution in [-0.2, 0) is 0 Å². The Morgan fingerprint density at radius 2 is 1.52 bits per heavy atom. The number of amides is 1. The molecular weight excluding hydrogens is 338 g/mol. The summed E-state index contributed by atoms with van der Waals surface area (Å²) in [6.45, 7) is 0. The van der Waals surface area contributed by atoms with Crippen LogP contribution >= 0.6 is 0 Å². The van der Waals surface area contributed by atoms with Crippen molar-refractivity contribution >= 4 is 5.91 Å². The number of aromatic nitrogens is 4. The molecule has 0 aliphatic rings. The molecule has 2 aromatic heterocycles. The Morgan fingerprint density at radius 1 is 0.852 bits per heavy atom. The minimum Gasteiger partial charge on any atom is -0.340 e. The predicted octanol–water partition coefficient (Wildman–Crippen LogP) is 3.18. The van der Waals surface area contributed by atoms with E-state index in [0.717, 1.165) is 11.1 Å². The van der Waals surface area contributed by atoms with Gasteiger partial charge in [0.05, 0.1) is 6.04 Å². The van der Waals surface area contributed by atoms with E-state index < -0.39 is 0 Å². The lowest BCUT2D eigenvalue weighted by Gasteiger charge is -2.19. The lowest BCUT2D eigenvalue weighted by molar-refractivity contribution is 0.0937. The summed E-state index contributed by atoms with van der Waals surface area (Å²) in [5.41, 5.74) is 2.26. The SMILES string of the molecule is O=C(NC(c1ccccc1)c1ccccc1)c1ccc(-n2ccnc2)nn1. The van der Waals surface area contributed by atoms with E-state index in [1.165, 1.54) is 0 Å². The first-order valence-corrected chi connectivity index (χ1v) is 8.54. The van der Waals surface area contributed by atoms with E-state index in [9.17, 15) is 4.79 Å². The summed E-state index contributed by atoms with van der Waals surface area (Å²) in [4.78, 5) is 16.7. The molecule has 27 heavy (non-hydrogen) atoms. The molecule has 0 bridgehead atoms. The zero-order chi connectivity index (χ0) is 18.5. The topological polar surface area (TPSA) is 72.7 Å². The third-order valence-electron chi connectivity index (χ3n) is 4.19. The van der Waals surface area contributed by atoms with Gasteiger partial charge in [-0.15, -0.1) is 10.2 Å². The van der Waals surface area contributed by atoms with Gasteiger partial charge in [0.2, 0.25) is 0 Å². The van der Waals surface area contributed by atoms with E-state index in [-0.39, 0.29) is 17.6 Å². The lowest BCUT2D eigenvalue weighted by Crippen LogP contribution is -2.30. The molecule has 0 aliphatic carbocycles. The second-order valence-corrected chi connectivity index (χ2v) is 5.97. The fraction of sp³-hybridized carbons (Fsp3) is 0.0476. The molecule has 0 radical (unpaired) electrons. The van der Waals surface area contributed by atoms with Crippen molar-refractivity contribution in [1.29, 1.82) is 0 Å². The zero-order valence-electron chi connectivity index (χ0n) is 14.4. The Kier molecular flexibility index (Phi) is 4.70. The highest BCUT2D eigenvalue weighted by molar-refractivity contribution is 5.92. The van der Waals surface area contributed by atoms with Crippen molar-refractivity contribution in [3.63, 3.8) is 0 Å². The predicted molar refractivity (Wildman–Crippen MR) is 101 cm³/mol. The number of imidazole rings is 1. The van der Waals surface area contributed by atoms with Gasteiger partial charge >= 0.3 is 0 Å². The number of hydrogen-bond donors (Lipinski definition) is 1. The number of nitrogens with one attached hydrogen (secondary N) is 1. The number of benzene rings is 2. The summed E-state index contributed by atoms with van der Waals surface area (Å²) >= 11 is 0. The van der Waals surface area contributed by atoms with Crippen molar-refractivity contribution in [1.82, 2.24) is 25.1 Å². The number of carbonyl (C=O) groups is 1. The summed E-state index contributed by atoms with van der Waals surface area (Å²) in [6, 6.07) is 22.8. The van der Waals surface area contributed by atoms with Gasteiger partial charge in [-0.3, -0.25) is 9.36 Å². The molecule has 6 heteroatoms. The fourth-order valence-corrected chi connectivity index (χ4v) is 2.83. The van der Waals surface area contributed by atoms with Crippen molar-refractivity contribution in [3.05, 3.63) is 108 Å². The van der Waals surface area contributed by atoms with Crippen molar-refractivity contribution in [2.24, 2.45) is 0 Å². The molecule has 0 fully saturated rings. The quantitative estimate of drug-likeness (QED) is 0.597. The van der Waals surface area contributed by atoms with Crippen LogP contribution in [0.4, 0.5) is 0 Å². The van der Waals surface area contributed by atoms with Crippen molar-refractivity contribution in [2.45, 2.75) is 6.04 Å². The summed E-state index contributed by atoms with van der Waals surface area (Å²) in [7, 11) is 0. The molecule has 4 aromatic rings. The maximum Gasteiger partial charge on any atom is 0.272 e. The van der Waals surface area contributed by atoms with Gasteiger partial charge in [0.1, 0.15) is 6.33 Å². The Bertz CT molecular complexity index is 960. The van der Waals surface area contributed by atoms with Gasteiger partial charge in [-0.25, -0.2) is 4.98 Å². The minimum absolute atomic E-state index is 0.260. The first-order valence-electron chi connectivity index (χ1n) is 8.54. The third kappa shape index (κ3) is 3.74. The van der Waals surface area contributed by atoms with Crippen molar-refractivity contribution in [2.75, 3.05) is 0 Å². The molecule has 0 spiro atoms. The van der Waals surface area contributed by atoms with Crippen LogP contribution in [0.5, 0.6) is 0 Å². The van der Waals surface area contributed by atoms with Crippen LogP contribution in [0.2, 0.25) is 0 Å². The van der Waals surface area contributed by atoms with E-state index in [4.69, 9.17) is 0 Å². The van der Waals surface area contributed by atoms with E-state index >= 15 is 0 Å². The molecule has 4 rings (SSSR count). The minimum atomic E-state index is -0.280. The van der Waals surface area contributed by atoms with E-state index in [0.29, 0.717) is 5.82 Å². The molecule has 132 valence electrons. The summed E-state index contributed by atoms with van der Waals surface area (Å²) in [5.74, 6) is 0.323. The standard InChI is InChI=1S/C21H17N5O/c27-21(18-11-12-19(25-24-18)26-14-13-22-15-26)23-20(16-7-3-1-4-8-16)17-9-5-2-6-10-17/h1-15,20H,(H,23,27). The Balaban J connectivity index is 1.58. The molecular formula is C21H17N5O. The molecule has 2 heterocycles. The zero-order valence-corrected chi connectivity index (χ0v) is 14.4. The largest absolute Gasteiger partial charge is 0.340 e. The lowest BCUT2D eigenvalue weighted by atomic mass is 9.98. The second kappa shape index (κ2) is 7.61. The molecule has 0 atom stereocenters. The van der Waals surface area contributed by atoms with E-state index in [1.54, 1.807) is 35.4 Å². The molecule has 0 saturated carbocycles.